The highest BCUT2D eigenvalue weighted by Crippen LogP contribution is 2.33. The SMILES string of the molecule is CC1Cc2nc3cc(-c4ccccn4)cnc3c(=O)n2CCC1(F)F. The topological polar surface area (TPSA) is 60.7 Å². The van der Waals surface area contributed by atoms with Crippen molar-refractivity contribution < 1.29 is 8.78 Å². The van der Waals surface area contributed by atoms with E-state index in [1.54, 1.807) is 18.5 Å². The number of alkyl halides is 2. The van der Waals surface area contributed by atoms with Crippen molar-refractivity contribution in [3.8, 4) is 11.3 Å². The first-order valence-corrected chi connectivity index (χ1v) is 8.14. The molecule has 1 atom stereocenters. The van der Waals surface area contributed by atoms with Crippen LogP contribution in [0.3, 0.4) is 0 Å². The zero-order valence-electron chi connectivity index (χ0n) is 13.6. The molecule has 1 aliphatic heterocycles. The molecule has 0 aliphatic carbocycles. The maximum Gasteiger partial charge on any atom is 0.280 e. The molecule has 1 aliphatic rings. The van der Waals surface area contributed by atoms with Gasteiger partial charge in [0.05, 0.1) is 11.2 Å². The monoisotopic (exact) mass is 342 g/mol. The average Bonchev–Trinajstić information content (AvgIpc) is 2.72. The Kier molecular flexibility index (Phi) is 3.59. The molecule has 0 saturated heterocycles. The maximum atomic E-state index is 14.0. The molecule has 3 aromatic heterocycles. The van der Waals surface area contributed by atoms with Gasteiger partial charge < -0.3 is 0 Å². The molecule has 0 aromatic carbocycles. The zero-order chi connectivity index (χ0) is 17.6. The summed E-state index contributed by atoms with van der Waals surface area (Å²) in [5.74, 6) is -3.28. The summed E-state index contributed by atoms with van der Waals surface area (Å²) in [4.78, 5) is 25.7. The molecule has 4 heterocycles. The Morgan fingerprint density at radius 1 is 1.28 bits per heavy atom. The summed E-state index contributed by atoms with van der Waals surface area (Å²) in [6, 6.07) is 7.24. The van der Waals surface area contributed by atoms with Crippen LogP contribution in [-0.2, 0) is 13.0 Å². The van der Waals surface area contributed by atoms with Gasteiger partial charge in [0.25, 0.3) is 11.5 Å². The lowest BCUT2D eigenvalue weighted by molar-refractivity contribution is -0.0571. The molecule has 0 saturated carbocycles. The fourth-order valence-electron chi connectivity index (χ4n) is 3.14. The van der Waals surface area contributed by atoms with E-state index < -0.39 is 11.8 Å². The van der Waals surface area contributed by atoms with Crippen molar-refractivity contribution in [3.63, 3.8) is 0 Å². The first kappa shape index (κ1) is 15.8. The summed E-state index contributed by atoms with van der Waals surface area (Å²) in [7, 11) is 0. The lowest BCUT2D eigenvalue weighted by Gasteiger charge is -2.19. The molecule has 3 aromatic rings. The van der Waals surface area contributed by atoms with Gasteiger partial charge in [0.2, 0.25) is 0 Å². The molecule has 4 rings (SSSR count). The molecule has 25 heavy (non-hydrogen) atoms. The molecule has 1 unspecified atom stereocenters. The lowest BCUT2D eigenvalue weighted by Crippen LogP contribution is -2.26. The molecule has 0 radical (unpaired) electrons. The van der Waals surface area contributed by atoms with Gasteiger partial charge in [-0.25, -0.2) is 18.7 Å². The zero-order valence-corrected chi connectivity index (χ0v) is 13.6. The summed E-state index contributed by atoms with van der Waals surface area (Å²) in [6.45, 7) is 1.45. The lowest BCUT2D eigenvalue weighted by atomic mass is 9.98. The van der Waals surface area contributed by atoms with Crippen LogP contribution in [0.15, 0.2) is 41.5 Å². The number of hydrogen-bond donors (Lipinski definition) is 0. The van der Waals surface area contributed by atoms with Crippen molar-refractivity contribution in [2.24, 2.45) is 5.92 Å². The first-order chi connectivity index (χ1) is 12.0. The summed E-state index contributed by atoms with van der Waals surface area (Å²) in [5.41, 5.74) is 1.70. The predicted octanol–water partition coefficient (Wildman–Crippen LogP) is 3.07. The van der Waals surface area contributed by atoms with Gasteiger partial charge in [0.1, 0.15) is 5.82 Å². The largest absolute Gasteiger partial charge is 0.295 e. The highest BCUT2D eigenvalue weighted by Gasteiger charge is 2.39. The molecular formula is C18H16F2N4O. The van der Waals surface area contributed by atoms with E-state index in [0.29, 0.717) is 17.0 Å². The van der Waals surface area contributed by atoms with Crippen molar-refractivity contribution in [2.45, 2.75) is 32.2 Å². The Balaban J connectivity index is 1.88. The third kappa shape index (κ3) is 2.69. The van der Waals surface area contributed by atoms with E-state index in [4.69, 9.17) is 0 Å². The molecule has 0 N–H and O–H groups in total. The van der Waals surface area contributed by atoms with Crippen LogP contribution in [0.2, 0.25) is 0 Å². The van der Waals surface area contributed by atoms with Crippen LogP contribution >= 0.6 is 0 Å². The predicted molar refractivity (Wildman–Crippen MR) is 89.5 cm³/mol. The van der Waals surface area contributed by atoms with Crippen molar-refractivity contribution in [1.29, 1.82) is 0 Å². The number of halogens is 2. The standard InChI is InChI=1S/C18H16F2N4O/c1-11-8-15-23-14-9-12(13-4-2-3-6-21-13)10-22-16(14)17(25)24(15)7-5-18(11,19)20/h2-4,6,9-11H,5,7-8H2,1H3. The molecule has 128 valence electrons. The van der Waals surface area contributed by atoms with Crippen LogP contribution in [-0.4, -0.2) is 25.4 Å². The minimum Gasteiger partial charge on any atom is -0.295 e. The van der Waals surface area contributed by atoms with Crippen molar-refractivity contribution >= 4 is 11.0 Å². The summed E-state index contributed by atoms with van der Waals surface area (Å²) < 4.78 is 29.4. The van der Waals surface area contributed by atoms with Gasteiger partial charge in [-0.2, -0.15) is 0 Å². The minimum absolute atomic E-state index is 0.0435. The highest BCUT2D eigenvalue weighted by molar-refractivity contribution is 5.78. The van der Waals surface area contributed by atoms with Gasteiger partial charge in [0.15, 0.2) is 5.52 Å². The molecular weight excluding hydrogens is 326 g/mol. The Hall–Kier alpha value is -2.70. The van der Waals surface area contributed by atoms with Gasteiger partial charge >= 0.3 is 0 Å². The van der Waals surface area contributed by atoms with E-state index in [9.17, 15) is 13.6 Å². The van der Waals surface area contributed by atoms with Gasteiger partial charge in [-0.15, -0.1) is 0 Å². The van der Waals surface area contributed by atoms with Gasteiger partial charge in [-0.1, -0.05) is 13.0 Å². The molecule has 0 fully saturated rings. The van der Waals surface area contributed by atoms with Gasteiger partial charge in [-0.3, -0.25) is 14.3 Å². The Morgan fingerprint density at radius 2 is 2.12 bits per heavy atom. The van der Waals surface area contributed by atoms with Crippen LogP contribution in [0.4, 0.5) is 8.78 Å². The van der Waals surface area contributed by atoms with Crippen LogP contribution in [0.5, 0.6) is 0 Å². The quantitative estimate of drug-likeness (QED) is 0.682. The second-order valence-corrected chi connectivity index (χ2v) is 6.41. The number of aromatic nitrogens is 4. The summed E-state index contributed by atoms with van der Waals surface area (Å²) >= 11 is 0. The second-order valence-electron chi connectivity index (χ2n) is 6.41. The van der Waals surface area contributed by atoms with Gasteiger partial charge in [-0.05, 0) is 18.2 Å². The van der Waals surface area contributed by atoms with Crippen LogP contribution in [0.1, 0.15) is 19.2 Å². The van der Waals surface area contributed by atoms with Crippen LogP contribution in [0, 0.1) is 5.92 Å². The van der Waals surface area contributed by atoms with E-state index in [1.165, 1.54) is 11.5 Å². The molecule has 0 spiro atoms. The number of fused-ring (bicyclic) bond motifs is 2. The third-order valence-corrected chi connectivity index (χ3v) is 4.72. The highest BCUT2D eigenvalue weighted by atomic mass is 19.3. The van der Waals surface area contributed by atoms with Crippen LogP contribution < -0.4 is 5.56 Å². The van der Waals surface area contributed by atoms with E-state index in [2.05, 4.69) is 15.0 Å². The Morgan fingerprint density at radius 3 is 2.88 bits per heavy atom. The maximum absolute atomic E-state index is 14.0. The van der Waals surface area contributed by atoms with Gasteiger partial charge in [0, 0.05) is 43.3 Å². The van der Waals surface area contributed by atoms with Crippen LogP contribution in [0.25, 0.3) is 22.3 Å². The third-order valence-electron chi connectivity index (χ3n) is 4.72. The van der Waals surface area contributed by atoms with E-state index >= 15 is 0 Å². The summed E-state index contributed by atoms with van der Waals surface area (Å²) in [6.07, 6.45) is 2.93. The Labute approximate surface area is 142 Å². The first-order valence-electron chi connectivity index (χ1n) is 8.14. The number of nitrogens with zero attached hydrogens (tertiary/aromatic N) is 4. The van der Waals surface area contributed by atoms with Crippen molar-refractivity contribution in [3.05, 3.63) is 52.8 Å². The number of pyridine rings is 2. The second kappa shape index (κ2) is 5.68. The minimum atomic E-state index is -2.81. The number of rotatable bonds is 1. The fourth-order valence-corrected chi connectivity index (χ4v) is 3.14. The molecule has 7 heteroatoms. The molecule has 0 amide bonds. The van der Waals surface area contributed by atoms with E-state index in [0.717, 1.165) is 5.56 Å². The van der Waals surface area contributed by atoms with Crippen molar-refractivity contribution in [2.75, 3.05) is 0 Å². The average molecular weight is 342 g/mol. The fraction of sp³-hybridized carbons (Fsp3) is 0.333. The van der Waals surface area contributed by atoms with E-state index in [-0.39, 0.29) is 30.5 Å². The smallest absolute Gasteiger partial charge is 0.280 e. The molecule has 5 nitrogen and oxygen atoms in total. The normalized spacial score (nSPS) is 19.4. The molecule has 0 bridgehead atoms. The van der Waals surface area contributed by atoms with E-state index in [1.807, 2.05) is 18.2 Å². The Bertz CT molecular complexity index is 1000. The van der Waals surface area contributed by atoms with Crippen molar-refractivity contribution in [1.82, 2.24) is 19.5 Å². The number of hydrogen-bond acceptors (Lipinski definition) is 4. The summed E-state index contributed by atoms with van der Waals surface area (Å²) in [5, 5.41) is 0.